The van der Waals surface area contributed by atoms with Crippen LogP contribution in [0.3, 0.4) is 0 Å². The van der Waals surface area contributed by atoms with Crippen molar-refractivity contribution in [2.45, 2.75) is 44.9 Å². The number of carbonyl (C=O) groups is 1. The molecule has 25 heavy (non-hydrogen) atoms. The third-order valence-electron chi connectivity index (χ3n) is 4.50. The second-order valence-electron chi connectivity index (χ2n) is 6.51. The second kappa shape index (κ2) is 8.71. The highest BCUT2D eigenvalue weighted by Crippen LogP contribution is 2.26. The zero-order valence-electron chi connectivity index (χ0n) is 14.5. The second-order valence-corrected chi connectivity index (χ2v) is 9.32. The van der Waals surface area contributed by atoms with E-state index >= 15 is 0 Å². The standard InChI is InChI=1S/C17H24Cl2N2O3S/c1-3-12(2)20-17(22)13-5-4-8-21(10-13)25(23,24)11-14-6-7-15(18)9-16(14)19/h6-7,9,12-13H,3-5,8,10-11H2,1-2H3,(H,20,22)/t12-,13-/m1/s1. The van der Waals surface area contributed by atoms with Crippen LogP contribution in [0.25, 0.3) is 0 Å². The monoisotopic (exact) mass is 406 g/mol. The van der Waals surface area contributed by atoms with Crippen LogP contribution in [0.1, 0.15) is 38.7 Å². The van der Waals surface area contributed by atoms with Gasteiger partial charge in [0.15, 0.2) is 0 Å². The van der Waals surface area contributed by atoms with Crippen molar-refractivity contribution in [3.05, 3.63) is 33.8 Å². The number of carbonyl (C=O) groups excluding carboxylic acids is 1. The maximum Gasteiger partial charge on any atom is 0.224 e. The van der Waals surface area contributed by atoms with Crippen LogP contribution in [0, 0.1) is 5.92 Å². The molecule has 1 aromatic rings. The molecule has 2 rings (SSSR count). The smallest absolute Gasteiger partial charge is 0.224 e. The molecule has 140 valence electrons. The average molecular weight is 407 g/mol. The highest BCUT2D eigenvalue weighted by atomic mass is 35.5. The van der Waals surface area contributed by atoms with Gasteiger partial charge in [-0.1, -0.05) is 36.2 Å². The van der Waals surface area contributed by atoms with Crippen molar-refractivity contribution in [3.63, 3.8) is 0 Å². The first-order valence-electron chi connectivity index (χ1n) is 8.45. The number of hydrogen-bond acceptors (Lipinski definition) is 3. The number of nitrogens with one attached hydrogen (secondary N) is 1. The van der Waals surface area contributed by atoms with E-state index < -0.39 is 10.0 Å². The van der Waals surface area contributed by atoms with Crippen molar-refractivity contribution < 1.29 is 13.2 Å². The van der Waals surface area contributed by atoms with Crippen LogP contribution >= 0.6 is 23.2 Å². The van der Waals surface area contributed by atoms with Gasteiger partial charge in [-0.3, -0.25) is 4.79 Å². The van der Waals surface area contributed by atoms with Gasteiger partial charge in [-0.2, -0.15) is 0 Å². The van der Waals surface area contributed by atoms with Gasteiger partial charge >= 0.3 is 0 Å². The van der Waals surface area contributed by atoms with E-state index in [2.05, 4.69) is 5.32 Å². The Hall–Kier alpha value is -0.820. The molecule has 1 fully saturated rings. The summed E-state index contributed by atoms with van der Waals surface area (Å²) in [4.78, 5) is 12.3. The predicted molar refractivity (Wildman–Crippen MR) is 101 cm³/mol. The number of sulfonamides is 1. The molecule has 0 bridgehead atoms. The van der Waals surface area contributed by atoms with E-state index in [0.717, 1.165) is 6.42 Å². The Morgan fingerprint density at radius 3 is 2.76 bits per heavy atom. The van der Waals surface area contributed by atoms with Crippen LogP contribution in [-0.2, 0) is 20.6 Å². The third-order valence-corrected chi connectivity index (χ3v) is 6.88. The minimum atomic E-state index is -3.55. The fraction of sp³-hybridized carbons (Fsp3) is 0.588. The van der Waals surface area contributed by atoms with E-state index in [9.17, 15) is 13.2 Å². The topological polar surface area (TPSA) is 66.5 Å². The van der Waals surface area contributed by atoms with Gasteiger partial charge in [0.1, 0.15) is 0 Å². The van der Waals surface area contributed by atoms with Crippen molar-refractivity contribution >= 4 is 39.1 Å². The molecule has 0 aromatic heterocycles. The molecule has 2 atom stereocenters. The van der Waals surface area contributed by atoms with Crippen molar-refractivity contribution in [2.75, 3.05) is 13.1 Å². The molecule has 0 aliphatic carbocycles. The zero-order chi connectivity index (χ0) is 18.6. The van der Waals surface area contributed by atoms with E-state index in [1.807, 2.05) is 13.8 Å². The van der Waals surface area contributed by atoms with Crippen LogP contribution in [0.5, 0.6) is 0 Å². The van der Waals surface area contributed by atoms with Crippen molar-refractivity contribution in [2.24, 2.45) is 5.92 Å². The summed E-state index contributed by atoms with van der Waals surface area (Å²) in [5.74, 6) is -0.570. The maximum absolute atomic E-state index is 12.7. The summed E-state index contributed by atoms with van der Waals surface area (Å²) in [6, 6.07) is 4.87. The summed E-state index contributed by atoms with van der Waals surface area (Å²) < 4.78 is 26.9. The summed E-state index contributed by atoms with van der Waals surface area (Å²) in [6.07, 6.45) is 2.22. The van der Waals surface area contributed by atoms with Gasteiger partial charge in [0.25, 0.3) is 0 Å². The Bertz CT molecular complexity index is 725. The molecule has 5 nitrogen and oxygen atoms in total. The average Bonchev–Trinajstić information content (AvgIpc) is 2.57. The molecule has 1 saturated heterocycles. The molecule has 1 aromatic carbocycles. The van der Waals surface area contributed by atoms with Crippen molar-refractivity contribution in [3.8, 4) is 0 Å². The lowest BCUT2D eigenvalue weighted by Gasteiger charge is -2.32. The van der Waals surface area contributed by atoms with E-state index in [0.29, 0.717) is 35.0 Å². The van der Waals surface area contributed by atoms with Gasteiger partial charge in [-0.15, -0.1) is 0 Å². The van der Waals surface area contributed by atoms with E-state index in [4.69, 9.17) is 23.2 Å². The summed E-state index contributed by atoms with van der Waals surface area (Å²) >= 11 is 12.0. The van der Waals surface area contributed by atoms with Gasteiger partial charge in [-0.05, 0) is 43.9 Å². The number of benzene rings is 1. The van der Waals surface area contributed by atoms with E-state index in [-0.39, 0.29) is 30.2 Å². The summed E-state index contributed by atoms with van der Waals surface area (Å²) in [5.41, 5.74) is 0.511. The minimum absolute atomic E-state index is 0.0706. The van der Waals surface area contributed by atoms with Gasteiger partial charge in [0, 0.05) is 29.2 Å². The minimum Gasteiger partial charge on any atom is -0.353 e. The Labute approximate surface area is 159 Å². The Morgan fingerprint density at radius 1 is 1.40 bits per heavy atom. The van der Waals surface area contributed by atoms with Crippen LogP contribution in [0.4, 0.5) is 0 Å². The Balaban J connectivity index is 2.07. The number of piperidine rings is 1. The lowest BCUT2D eigenvalue weighted by Crippen LogP contribution is -2.47. The molecule has 1 aliphatic rings. The summed E-state index contributed by atoms with van der Waals surface area (Å²) in [7, 11) is -3.55. The first-order chi connectivity index (χ1) is 11.7. The maximum atomic E-state index is 12.7. The predicted octanol–water partition coefficient (Wildman–Crippen LogP) is 3.45. The number of rotatable bonds is 6. The zero-order valence-corrected chi connectivity index (χ0v) is 16.8. The molecule has 1 amide bonds. The molecule has 8 heteroatoms. The van der Waals surface area contributed by atoms with Gasteiger partial charge < -0.3 is 5.32 Å². The first kappa shape index (κ1) is 20.5. The highest BCUT2D eigenvalue weighted by molar-refractivity contribution is 7.88. The Morgan fingerprint density at radius 2 is 2.12 bits per heavy atom. The molecular formula is C17H24Cl2N2O3S. The number of halogens is 2. The molecule has 0 radical (unpaired) electrons. The first-order valence-corrected chi connectivity index (χ1v) is 10.8. The van der Waals surface area contributed by atoms with Gasteiger partial charge in [-0.25, -0.2) is 12.7 Å². The molecular weight excluding hydrogens is 383 g/mol. The fourth-order valence-corrected chi connectivity index (χ4v) is 4.99. The molecule has 1 heterocycles. The highest BCUT2D eigenvalue weighted by Gasteiger charge is 2.33. The fourth-order valence-electron chi connectivity index (χ4n) is 2.80. The van der Waals surface area contributed by atoms with Crippen molar-refractivity contribution in [1.82, 2.24) is 9.62 Å². The normalized spacial score (nSPS) is 20.2. The van der Waals surface area contributed by atoms with Gasteiger partial charge in [0.05, 0.1) is 11.7 Å². The van der Waals surface area contributed by atoms with Crippen LogP contribution < -0.4 is 5.32 Å². The van der Waals surface area contributed by atoms with E-state index in [1.54, 1.807) is 12.1 Å². The summed E-state index contributed by atoms with van der Waals surface area (Å²) in [6.45, 7) is 4.59. The van der Waals surface area contributed by atoms with Crippen LogP contribution in [0.15, 0.2) is 18.2 Å². The third kappa shape index (κ3) is 5.58. The van der Waals surface area contributed by atoms with Crippen molar-refractivity contribution in [1.29, 1.82) is 0 Å². The lowest BCUT2D eigenvalue weighted by molar-refractivity contribution is -0.126. The number of nitrogens with zero attached hydrogens (tertiary/aromatic N) is 1. The van der Waals surface area contributed by atoms with Crippen LogP contribution in [0.2, 0.25) is 10.0 Å². The number of amides is 1. The van der Waals surface area contributed by atoms with Crippen LogP contribution in [-0.4, -0.2) is 37.8 Å². The summed E-state index contributed by atoms with van der Waals surface area (Å²) in [5, 5.41) is 3.74. The molecule has 0 spiro atoms. The molecule has 1 aliphatic heterocycles. The van der Waals surface area contributed by atoms with E-state index in [1.165, 1.54) is 10.4 Å². The lowest BCUT2D eigenvalue weighted by atomic mass is 9.98. The quantitative estimate of drug-likeness (QED) is 0.786. The SMILES string of the molecule is CC[C@@H](C)NC(=O)[C@@H]1CCCN(S(=O)(=O)Cc2ccc(Cl)cc2Cl)C1. The van der Waals surface area contributed by atoms with Gasteiger partial charge in [0.2, 0.25) is 15.9 Å². The number of hydrogen-bond donors (Lipinski definition) is 1. The molecule has 0 unspecified atom stereocenters. The largest absolute Gasteiger partial charge is 0.353 e. The molecule has 0 saturated carbocycles. The Kier molecular flexibility index (Phi) is 7.14. The molecule has 1 N–H and O–H groups in total.